The Kier molecular flexibility index (Phi) is 4.85. The van der Waals surface area contributed by atoms with Gasteiger partial charge in [-0.25, -0.2) is 8.78 Å². The van der Waals surface area contributed by atoms with Gasteiger partial charge in [0.25, 0.3) is 6.43 Å². The van der Waals surface area contributed by atoms with Gasteiger partial charge in [-0.05, 0) is 24.6 Å². The highest BCUT2D eigenvalue weighted by molar-refractivity contribution is 14.1. The average Bonchev–Trinajstić information content (AvgIpc) is 2.36. The van der Waals surface area contributed by atoms with E-state index in [-0.39, 0.29) is 20.6 Å². The lowest BCUT2D eigenvalue weighted by atomic mass is 10.0. The number of nitrogens with zero attached hydrogens (tertiary/aromatic N) is 1. The second-order valence-electron chi connectivity index (χ2n) is 4.30. The molecule has 3 nitrogen and oxygen atoms in total. The second-order valence-corrected chi connectivity index (χ2v) is 6.21. The van der Waals surface area contributed by atoms with Crippen molar-refractivity contribution in [2.75, 3.05) is 6.54 Å². The summed E-state index contributed by atoms with van der Waals surface area (Å²) in [4.78, 5) is 13.1. The number of phenols is 1. The molecule has 2 rings (SSSR count). The van der Waals surface area contributed by atoms with E-state index in [0.29, 0.717) is 17.7 Å². The molecule has 1 heterocycles. The van der Waals surface area contributed by atoms with Crippen molar-refractivity contribution < 1.29 is 18.7 Å². The molecule has 20 heavy (non-hydrogen) atoms. The highest BCUT2D eigenvalue weighted by Crippen LogP contribution is 2.34. The quantitative estimate of drug-likeness (QED) is 0.607. The van der Waals surface area contributed by atoms with Gasteiger partial charge in [0.05, 0.1) is 15.5 Å². The number of carbonyl (C=O) groups excluding carboxylic acids is 1. The molecule has 0 aliphatic carbocycles. The van der Waals surface area contributed by atoms with Crippen LogP contribution in [0.4, 0.5) is 8.78 Å². The van der Waals surface area contributed by atoms with Gasteiger partial charge < -0.3 is 10.0 Å². The van der Waals surface area contributed by atoms with Crippen LogP contribution in [0.15, 0.2) is 24.3 Å². The molecule has 1 atom stereocenters. The van der Waals surface area contributed by atoms with Gasteiger partial charge in [-0.1, -0.05) is 40.3 Å². The molecule has 108 valence electrons. The number of amides is 1. The largest absolute Gasteiger partial charge is 0.508 e. The lowest BCUT2D eigenvalue weighted by molar-refractivity contribution is -0.128. The summed E-state index contributed by atoms with van der Waals surface area (Å²) in [7, 11) is 0. The van der Waals surface area contributed by atoms with Gasteiger partial charge in [-0.2, -0.15) is 0 Å². The highest BCUT2D eigenvalue weighted by atomic mass is 127. The zero-order valence-corrected chi connectivity index (χ0v) is 13.1. The number of alkyl halides is 3. The first-order valence-corrected chi connectivity index (χ1v) is 7.45. The maximum atomic E-state index is 12.7. The monoisotopic (exact) mass is 413 g/mol. The van der Waals surface area contributed by atoms with Gasteiger partial charge in [0.2, 0.25) is 5.91 Å². The van der Waals surface area contributed by atoms with Gasteiger partial charge in [-0.15, -0.1) is 0 Å². The third kappa shape index (κ3) is 3.22. The van der Waals surface area contributed by atoms with Gasteiger partial charge in [0, 0.05) is 11.3 Å². The zero-order chi connectivity index (χ0) is 14.9. The number of benzene rings is 1. The Morgan fingerprint density at radius 2 is 2.20 bits per heavy atom. The lowest BCUT2D eigenvalue weighted by Crippen LogP contribution is -2.40. The standard InChI is InChI=1S/C13H11ClF2INO2/c14-9-5-7(19)1-2-8(9)11-4-3-10(17)13(20)18(11)6-12(15)16/h1-2,4-5,10,12,19H,3,6H2. The molecule has 0 bridgehead atoms. The molecule has 0 radical (unpaired) electrons. The fraction of sp³-hybridized carbons (Fsp3) is 0.308. The Hall–Kier alpha value is -0.890. The Morgan fingerprint density at radius 3 is 2.80 bits per heavy atom. The Morgan fingerprint density at radius 1 is 1.50 bits per heavy atom. The van der Waals surface area contributed by atoms with Crippen LogP contribution in [0.2, 0.25) is 5.02 Å². The first-order valence-electron chi connectivity index (χ1n) is 5.82. The minimum atomic E-state index is -2.63. The topological polar surface area (TPSA) is 40.5 Å². The molecule has 1 amide bonds. The number of halogens is 4. The predicted octanol–water partition coefficient (Wildman–Crippen LogP) is 3.69. The Bertz CT molecular complexity index is 565. The molecule has 0 fully saturated rings. The third-order valence-corrected chi connectivity index (χ3v) is 4.25. The van der Waals surface area contributed by atoms with E-state index in [1.807, 2.05) is 22.6 Å². The number of hydrogen-bond donors (Lipinski definition) is 1. The maximum Gasteiger partial charge on any atom is 0.256 e. The van der Waals surface area contributed by atoms with Crippen molar-refractivity contribution in [3.05, 3.63) is 34.9 Å². The number of allylic oxidation sites excluding steroid dienone is 1. The summed E-state index contributed by atoms with van der Waals surface area (Å²) in [5, 5.41) is 9.55. The van der Waals surface area contributed by atoms with Crippen LogP contribution in [-0.2, 0) is 4.79 Å². The van der Waals surface area contributed by atoms with Crippen LogP contribution in [0.1, 0.15) is 12.0 Å². The van der Waals surface area contributed by atoms with Crippen molar-refractivity contribution in [3.8, 4) is 5.75 Å². The SMILES string of the molecule is O=C1C(I)CC=C(c2ccc(O)cc2Cl)N1CC(F)F. The molecule has 1 aromatic rings. The van der Waals surface area contributed by atoms with E-state index in [0.717, 1.165) is 4.90 Å². The summed E-state index contributed by atoms with van der Waals surface area (Å²) >= 11 is 7.96. The van der Waals surface area contributed by atoms with E-state index in [1.165, 1.54) is 18.2 Å². The molecule has 0 spiro atoms. The number of carbonyl (C=O) groups is 1. The van der Waals surface area contributed by atoms with Crippen LogP contribution < -0.4 is 0 Å². The zero-order valence-electron chi connectivity index (χ0n) is 10.2. The highest BCUT2D eigenvalue weighted by Gasteiger charge is 2.31. The van der Waals surface area contributed by atoms with Crippen molar-refractivity contribution >= 4 is 45.8 Å². The fourth-order valence-corrected chi connectivity index (χ4v) is 2.87. The molecule has 7 heteroatoms. The molecule has 1 aromatic carbocycles. The van der Waals surface area contributed by atoms with E-state index < -0.39 is 13.0 Å². The molecule has 0 aromatic heterocycles. The fourth-order valence-electron chi connectivity index (χ4n) is 2.01. The van der Waals surface area contributed by atoms with Crippen LogP contribution in [-0.4, -0.2) is 32.8 Å². The summed E-state index contributed by atoms with van der Waals surface area (Å²) < 4.78 is 25.0. The van der Waals surface area contributed by atoms with Crippen LogP contribution >= 0.6 is 34.2 Å². The van der Waals surface area contributed by atoms with Crippen LogP contribution in [0.5, 0.6) is 5.75 Å². The predicted molar refractivity (Wildman–Crippen MR) is 81.2 cm³/mol. The molecule has 0 saturated carbocycles. The first kappa shape index (κ1) is 15.5. The van der Waals surface area contributed by atoms with Crippen LogP contribution in [0.3, 0.4) is 0 Å². The molecule has 1 N–H and O–H groups in total. The molecular weight excluding hydrogens is 403 g/mol. The van der Waals surface area contributed by atoms with E-state index in [9.17, 15) is 18.7 Å². The van der Waals surface area contributed by atoms with Crippen molar-refractivity contribution in [2.24, 2.45) is 0 Å². The van der Waals surface area contributed by atoms with E-state index in [4.69, 9.17) is 11.6 Å². The van der Waals surface area contributed by atoms with E-state index in [2.05, 4.69) is 0 Å². The Balaban J connectivity index is 2.43. The van der Waals surface area contributed by atoms with Crippen LogP contribution in [0.25, 0.3) is 5.70 Å². The van der Waals surface area contributed by atoms with E-state index >= 15 is 0 Å². The van der Waals surface area contributed by atoms with Crippen molar-refractivity contribution in [1.29, 1.82) is 0 Å². The summed E-state index contributed by atoms with van der Waals surface area (Å²) in [5.74, 6) is -0.374. The summed E-state index contributed by atoms with van der Waals surface area (Å²) in [6.07, 6.45) is -0.440. The van der Waals surface area contributed by atoms with Crippen molar-refractivity contribution in [1.82, 2.24) is 4.90 Å². The third-order valence-electron chi connectivity index (χ3n) is 2.89. The van der Waals surface area contributed by atoms with Gasteiger partial charge in [0.1, 0.15) is 5.75 Å². The minimum absolute atomic E-state index is 0.0198. The van der Waals surface area contributed by atoms with E-state index in [1.54, 1.807) is 6.08 Å². The van der Waals surface area contributed by atoms with Gasteiger partial charge >= 0.3 is 0 Å². The van der Waals surface area contributed by atoms with Gasteiger partial charge in [-0.3, -0.25) is 4.79 Å². The molecule has 0 saturated heterocycles. The summed E-state index contributed by atoms with van der Waals surface area (Å²) in [6, 6.07) is 4.24. The maximum absolute atomic E-state index is 12.7. The number of hydrogen-bond acceptors (Lipinski definition) is 2. The Labute approximate surface area is 133 Å². The second kappa shape index (κ2) is 6.26. The summed E-state index contributed by atoms with van der Waals surface area (Å²) in [5.41, 5.74) is 0.829. The summed E-state index contributed by atoms with van der Waals surface area (Å²) in [6.45, 7) is -0.665. The van der Waals surface area contributed by atoms with Crippen LogP contribution in [0, 0.1) is 0 Å². The molecule has 1 aliphatic heterocycles. The molecule has 1 unspecified atom stereocenters. The van der Waals surface area contributed by atoms with Gasteiger partial charge in [0.15, 0.2) is 0 Å². The number of rotatable bonds is 3. The smallest absolute Gasteiger partial charge is 0.256 e. The first-order chi connectivity index (χ1) is 9.40. The van der Waals surface area contributed by atoms with Crippen molar-refractivity contribution in [3.63, 3.8) is 0 Å². The normalized spacial score (nSPS) is 19.4. The number of phenolic OH excluding ortho intramolecular Hbond substituents is 1. The van der Waals surface area contributed by atoms with Crippen molar-refractivity contribution in [2.45, 2.75) is 16.8 Å². The lowest BCUT2D eigenvalue weighted by Gasteiger charge is -2.31. The molecule has 1 aliphatic rings. The number of aromatic hydroxyl groups is 1. The minimum Gasteiger partial charge on any atom is -0.508 e. The average molecular weight is 414 g/mol. The molecular formula is C13H11ClF2INO2.